The molecule has 0 atom stereocenters. The Hall–Kier alpha value is -2.89. The van der Waals surface area contributed by atoms with Crippen molar-refractivity contribution >= 4 is 5.69 Å². The number of ether oxygens (including phenoxy) is 1. The van der Waals surface area contributed by atoms with Crippen LogP contribution in [-0.2, 0) is 0 Å². The van der Waals surface area contributed by atoms with E-state index < -0.39 is 0 Å². The first-order chi connectivity index (χ1) is 10.2. The minimum Gasteiger partial charge on any atom is -0.497 e. The first-order valence-electron chi connectivity index (χ1n) is 6.48. The SMILES string of the molecule is COc1cccc(-n2nnnc2-c2ccc(C)c(N)c2)c1. The van der Waals surface area contributed by atoms with E-state index in [4.69, 9.17) is 10.5 Å². The summed E-state index contributed by atoms with van der Waals surface area (Å²) in [5.41, 5.74) is 9.40. The lowest BCUT2D eigenvalue weighted by atomic mass is 10.1. The Balaban J connectivity index is 2.09. The molecule has 21 heavy (non-hydrogen) atoms. The highest BCUT2D eigenvalue weighted by molar-refractivity contribution is 5.64. The lowest BCUT2D eigenvalue weighted by Gasteiger charge is -2.07. The van der Waals surface area contributed by atoms with Crippen LogP contribution >= 0.6 is 0 Å². The fraction of sp³-hybridized carbons (Fsp3) is 0.133. The number of nitrogen functional groups attached to an aromatic ring is 1. The van der Waals surface area contributed by atoms with Crippen LogP contribution in [-0.4, -0.2) is 27.3 Å². The molecule has 6 heteroatoms. The molecule has 0 bridgehead atoms. The van der Waals surface area contributed by atoms with Crippen LogP contribution in [0.2, 0.25) is 0 Å². The van der Waals surface area contributed by atoms with Gasteiger partial charge >= 0.3 is 0 Å². The largest absolute Gasteiger partial charge is 0.497 e. The molecule has 0 fully saturated rings. The lowest BCUT2D eigenvalue weighted by Crippen LogP contribution is -2.01. The zero-order valence-corrected chi connectivity index (χ0v) is 11.8. The van der Waals surface area contributed by atoms with Crippen molar-refractivity contribution in [3.05, 3.63) is 48.0 Å². The van der Waals surface area contributed by atoms with Crippen LogP contribution in [0.4, 0.5) is 5.69 Å². The van der Waals surface area contributed by atoms with Gasteiger partial charge in [0, 0.05) is 17.3 Å². The first kappa shape index (κ1) is 13.1. The number of rotatable bonds is 3. The molecule has 0 saturated heterocycles. The topological polar surface area (TPSA) is 78.8 Å². The molecular weight excluding hydrogens is 266 g/mol. The second-order valence-corrected chi connectivity index (χ2v) is 4.69. The van der Waals surface area contributed by atoms with E-state index in [1.54, 1.807) is 11.8 Å². The van der Waals surface area contributed by atoms with Gasteiger partial charge < -0.3 is 10.5 Å². The maximum absolute atomic E-state index is 5.96. The number of anilines is 1. The van der Waals surface area contributed by atoms with Crippen LogP contribution in [0.1, 0.15) is 5.56 Å². The van der Waals surface area contributed by atoms with E-state index >= 15 is 0 Å². The molecule has 3 rings (SSSR count). The molecule has 2 aromatic carbocycles. The van der Waals surface area contributed by atoms with Crippen molar-refractivity contribution in [3.8, 4) is 22.8 Å². The summed E-state index contributed by atoms with van der Waals surface area (Å²) in [7, 11) is 1.63. The van der Waals surface area contributed by atoms with Crippen LogP contribution in [0.25, 0.3) is 17.1 Å². The number of benzene rings is 2. The van der Waals surface area contributed by atoms with E-state index in [2.05, 4.69) is 15.5 Å². The van der Waals surface area contributed by atoms with Gasteiger partial charge in [0.05, 0.1) is 12.8 Å². The average molecular weight is 281 g/mol. The molecular formula is C15H15N5O. The number of aryl methyl sites for hydroxylation is 1. The Labute approximate surface area is 122 Å². The predicted octanol–water partition coefficient (Wildman–Crippen LogP) is 2.23. The summed E-state index contributed by atoms with van der Waals surface area (Å²) >= 11 is 0. The normalized spacial score (nSPS) is 10.6. The molecule has 0 unspecified atom stereocenters. The van der Waals surface area contributed by atoms with E-state index in [1.165, 1.54) is 0 Å². The highest BCUT2D eigenvalue weighted by Gasteiger charge is 2.12. The molecule has 2 N–H and O–H groups in total. The second kappa shape index (κ2) is 5.24. The van der Waals surface area contributed by atoms with Gasteiger partial charge in [0.1, 0.15) is 5.75 Å². The molecule has 0 spiro atoms. The standard InChI is InChI=1S/C15H15N5O/c1-10-6-7-11(8-14(10)16)15-17-18-19-20(15)12-4-3-5-13(9-12)21-2/h3-9H,16H2,1-2H3. The number of hydrogen-bond donors (Lipinski definition) is 1. The maximum atomic E-state index is 5.96. The summed E-state index contributed by atoms with van der Waals surface area (Å²) in [4.78, 5) is 0. The predicted molar refractivity (Wildman–Crippen MR) is 80.3 cm³/mol. The van der Waals surface area contributed by atoms with Crippen molar-refractivity contribution in [1.82, 2.24) is 20.2 Å². The number of aromatic nitrogens is 4. The van der Waals surface area contributed by atoms with Gasteiger partial charge in [-0.2, -0.15) is 4.68 Å². The third-order valence-corrected chi connectivity index (χ3v) is 3.30. The molecule has 1 heterocycles. The Morgan fingerprint density at radius 3 is 2.76 bits per heavy atom. The fourth-order valence-electron chi connectivity index (χ4n) is 2.06. The molecule has 0 saturated carbocycles. The molecule has 0 aliphatic rings. The Kier molecular flexibility index (Phi) is 3.27. The monoisotopic (exact) mass is 281 g/mol. The summed E-state index contributed by atoms with van der Waals surface area (Å²) in [5, 5.41) is 11.9. The van der Waals surface area contributed by atoms with E-state index in [0.29, 0.717) is 11.5 Å². The molecule has 3 aromatic rings. The van der Waals surface area contributed by atoms with Gasteiger partial charge in [-0.05, 0) is 41.1 Å². The zero-order chi connectivity index (χ0) is 14.8. The van der Waals surface area contributed by atoms with Crippen LogP contribution in [0.5, 0.6) is 5.75 Å². The zero-order valence-electron chi connectivity index (χ0n) is 11.8. The van der Waals surface area contributed by atoms with Crippen molar-refractivity contribution in [2.75, 3.05) is 12.8 Å². The van der Waals surface area contributed by atoms with Crippen LogP contribution in [0.3, 0.4) is 0 Å². The summed E-state index contributed by atoms with van der Waals surface area (Å²) in [6, 6.07) is 13.3. The van der Waals surface area contributed by atoms with E-state index in [1.807, 2.05) is 49.4 Å². The molecule has 1 aromatic heterocycles. The molecule has 106 valence electrons. The summed E-state index contributed by atoms with van der Waals surface area (Å²) < 4.78 is 6.89. The molecule has 0 aliphatic carbocycles. The first-order valence-corrected chi connectivity index (χ1v) is 6.48. The van der Waals surface area contributed by atoms with Crippen molar-refractivity contribution in [1.29, 1.82) is 0 Å². The van der Waals surface area contributed by atoms with Crippen molar-refractivity contribution in [2.24, 2.45) is 0 Å². The summed E-state index contributed by atoms with van der Waals surface area (Å²) in [5.74, 6) is 1.38. The average Bonchev–Trinajstić information content (AvgIpc) is 2.99. The minimum absolute atomic E-state index is 0.634. The highest BCUT2D eigenvalue weighted by atomic mass is 16.5. The fourth-order valence-corrected chi connectivity index (χ4v) is 2.06. The van der Waals surface area contributed by atoms with Gasteiger partial charge in [0.15, 0.2) is 5.82 Å². The van der Waals surface area contributed by atoms with Gasteiger partial charge in [-0.3, -0.25) is 0 Å². The van der Waals surface area contributed by atoms with Crippen molar-refractivity contribution in [3.63, 3.8) is 0 Å². The smallest absolute Gasteiger partial charge is 0.187 e. The van der Waals surface area contributed by atoms with E-state index in [9.17, 15) is 0 Å². The van der Waals surface area contributed by atoms with Gasteiger partial charge in [0.25, 0.3) is 0 Å². The van der Waals surface area contributed by atoms with Gasteiger partial charge in [0.2, 0.25) is 0 Å². The molecule has 6 nitrogen and oxygen atoms in total. The van der Waals surface area contributed by atoms with Crippen molar-refractivity contribution in [2.45, 2.75) is 6.92 Å². The van der Waals surface area contributed by atoms with E-state index in [0.717, 1.165) is 22.6 Å². The minimum atomic E-state index is 0.634. The molecule has 0 radical (unpaired) electrons. The van der Waals surface area contributed by atoms with Crippen molar-refractivity contribution < 1.29 is 4.74 Å². The van der Waals surface area contributed by atoms with E-state index in [-0.39, 0.29) is 0 Å². The van der Waals surface area contributed by atoms with Gasteiger partial charge in [-0.25, -0.2) is 0 Å². The number of nitrogens with zero attached hydrogens (tertiary/aromatic N) is 4. The molecule has 0 aliphatic heterocycles. The summed E-state index contributed by atoms with van der Waals surface area (Å²) in [6.07, 6.45) is 0. The maximum Gasteiger partial charge on any atom is 0.187 e. The second-order valence-electron chi connectivity index (χ2n) is 4.69. The van der Waals surface area contributed by atoms with Crippen LogP contribution in [0.15, 0.2) is 42.5 Å². The van der Waals surface area contributed by atoms with Gasteiger partial charge in [-0.15, -0.1) is 5.10 Å². The third-order valence-electron chi connectivity index (χ3n) is 3.30. The molecule has 0 amide bonds. The Morgan fingerprint density at radius 2 is 2.00 bits per heavy atom. The number of tetrazole rings is 1. The third kappa shape index (κ3) is 2.43. The Bertz CT molecular complexity index is 781. The van der Waals surface area contributed by atoms with Crippen LogP contribution < -0.4 is 10.5 Å². The number of hydrogen-bond acceptors (Lipinski definition) is 5. The quantitative estimate of drug-likeness (QED) is 0.745. The van der Waals surface area contributed by atoms with Crippen LogP contribution in [0, 0.1) is 6.92 Å². The van der Waals surface area contributed by atoms with Gasteiger partial charge in [-0.1, -0.05) is 18.2 Å². The number of methoxy groups -OCH3 is 1. The number of nitrogens with two attached hydrogens (primary N) is 1. The highest BCUT2D eigenvalue weighted by Crippen LogP contribution is 2.24. The lowest BCUT2D eigenvalue weighted by molar-refractivity contribution is 0.414. The summed E-state index contributed by atoms with van der Waals surface area (Å²) in [6.45, 7) is 1.96. The Morgan fingerprint density at radius 1 is 1.14 bits per heavy atom.